The van der Waals surface area contributed by atoms with Gasteiger partial charge >= 0.3 is 0 Å². The van der Waals surface area contributed by atoms with E-state index >= 15 is 0 Å². The van der Waals surface area contributed by atoms with E-state index in [1.54, 1.807) is 30.9 Å². The summed E-state index contributed by atoms with van der Waals surface area (Å²) >= 11 is 6.03. The SMILES string of the molecule is Clc1cnccc1OCC1CCN(c2ncccn2)CC1. The molecule has 0 amide bonds. The predicted octanol–water partition coefficient (Wildman–Crippen LogP) is 2.82. The van der Waals surface area contributed by atoms with Crippen molar-refractivity contribution in [3.8, 4) is 5.75 Å². The van der Waals surface area contributed by atoms with Crippen LogP contribution in [0.15, 0.2) is 36.9 Å². The normalized spacial score (nSPS) is 16.0. The number of hydrogen-bond donors (Lipinski definition) is 0. The number of aromatic nitrogens is 3. The molecule has 21 heavy (non-hydrogen) atoms. The van der Waals surface area contributed by atoms with Gasteiger partial charge < -0.3 is 9.64 Å². The molecule has 0 unspecified atom stereocenters. The smallest absolute Gasteiger partial charge is 0.225 e. The maximum atomic E-state index is 6.03. The summed E-state index contributed by atoms with van der Waals surface area (Å²) in [6, 6.07) is 3.64. The highest BCUT2D eigenvalue weighted by Crippen LogP contribution is 2.25. The number of anilines is 1. The lowest BCUT2D eigenvalue weighted by Crippen LogP contribution is -2.36. The number of pyridine rings is 1. The van der Waals surface area contributed by atoms with Crippen LogP contribution in [0.5, 0.6) is 5.75 Å². The van der Waals surface area contributed by atoms with Crippen molar-refractivity contribution in [2.75, 3.05) is 24.6 Å². The molecule has 0 aliphatic carbocycles. The van der Waals surface area contributed by atoms with Crippen LogP contribution in [0.25, 0.3) is 0 Å². The van der Waals surface area contributed by atoms with Crippen LogP contribution in [0.2, 0.25) is 5.02 Å². The van der Waals surface area contributed by atoms with Gasteiger partial charge in [-0.25, -0.2) is 9.97 Å². The second kappa shape index (κ2) is 6.72. The molecule has 1 fully saturated rings. The molecule has 6 heteroatoms. The van der Waals surface area contributed by atoms with Crippen molar-refractivity contribution in [1.29, 1.82) is 0 Å². The molecule has 0 spiro atoms. The number of rotatable bonds is 4. The highest BCUT2D eigenvalue weighted by Gasteiger charge is 2.21. The Morgan fingerprint density at radius 1 is 1.19 bits per heavy atom. The summed E-state index contributed by atoms with van der Waals surface area (Å²) in [5.74, 6) is 2.06. The van der Waals surface area contributed by atoms with Gasteiger partial charge in [0.1, 0.15) is 10.8 Å². The van der Waals surface area contributed by atoms with Gasteiger partial charge in [0.2, 0.25) is 5.95 Å². The third kappa shape index (κ3) is 3.61. The van der Waals surface area contributed by atoms with E-state index in [-0.39, 0.29) is 0 Å². The third-order valence-electron chi connectivity index (χ3n) is 3.66. The third-order valence-corrected chi connectivity index (χ3v) is 3.94. The maximum Gasteiger partial charge on any atom is 0.225 e. The zero-order chi connectivity index (χ0) is 14.5. The van der Waals surface area contributed by atoms with E-state index in [9.17, 15) is 0 Å². The summed E-state index contributed by atoms with van der Waals surface area (Å²) in [5, 5.41) is 0.563. The Bertz CT molecular complexity index is 573. The Kier molecular flexibility index (Phi) is 4.50. The molecule has 3 heterocycles. The molecule has 0 N–H and O–H groups in total. The minimum atomic E-state index is 0.536. The maximum absolute atomic E-state index is 6.03. The van der Waals surface area contributed by atoms with E-state index in [0.717, 1.165) is 31.9 Å². The molecule has 2 aromatic heterocycles. The molecule has 0 bridgehead atoms. The highest BCUT2D eigenvalue weighted by molar-refractivity contribution is 6.31. The Balaban J connectivity index is 1.49. The van der Waals surface area contributed by atoms with Crippen molar-refractivity contribution in [3.05, 3.63) is 41.9 Å². The van der Waals surface area contributed by atoms with Crippen molar-refractivity contribution >= 4 is 17.5 Å². The van der Waals surface area contributed by atoms with Crippen molar-refractivity contribution < 1.29 is 4.74 Å². The molecule has 0 atom stereocenters. The zero-order valence-corrected chi connectivity index (χ0v) is 12.4. The molecule has 0 aromatic carbocycles. The van der Waals surface area contributed by atoms with Gasteiger partial charge in [0.25, 0.3) is 0 Å². The number of ether oxygens (including phenoxy) is 1. The van der Waals surface area contributed by atoms with Gasteiger partial charge in [0, 0.05) is 43.9 Å². The lowest BCUT2D eigenvalue weighted by molar-refractivity contribution is 0.222. The van der Waals surface area contributed by atoms with Gasteiger partial charge in [-0.1, -0.05) is 11.6 Å². The van der Waals surface area contributed by atoms with Gasteiger partial charge in [-0.3, -0.25) is 4.98 Å². The number of halogens is 1. The number of piperidine rings is 1. The first-order valence-electron chi connectivity index (χ1n) is 7.07. The fourth-order valence-corrected chi connectivity index (χ4v) is 2.62. The molecule has 110 valence electrons. The van der Waals surface area contributed by atoms with E-state index in [1.807, 2.05) is 6.07 Å². The Morgan fingerprint density at radius 3 is 2.67 bits per heavy atom. The second-order valence-corrected chi connectivity index (χ2v) is 5.50. The van der Waals surface area contributed by atoms with Gasteiger partial charge in [-0.05, 0) is 24.8 Å². The number of nitrogens with zero attached hydrogens (tertiary/aromatic N) is 4. The molecule has 3 rings (SSSR count). The van der Waals surface area contributed by atoms with Crippen LogP contribution in [-0.4, -0.2) is 34.6 Å². The fraction of sp³-hybridized carbons (Fsp3) is 0.400. The average molecular weight is 305 g/mol. The summed E-state index contributed by atoms with van der Waals surface area (Å²) in [6.07, 6.45) is 9.00. The summed E-state index contributed by atoms with van der Waals surface area (Å²) in [6.45, 7) is 2.61. The quantitative estimate of drug-likeness (QED) is 0.869. The first kappa shape index (κ1) is 14.1. The van der Waals surface area contributed by atoms with Crippen molar-refractivity contribution in [2.24, 2.45) is 5.92 Å². The second-order valence-electron chi connectivity index (χ2n) is 5.10. The Morgan fingerprint density at radius 2 is 1.95 bits per heavy atom. The van der Waals surface area contributed by atoms with Crippen LogP contribution < -0.4 is 9.64 Å². The van der Waals surface area contributed by atoms with E-state index in [4.69, 9.17) is 16.3 Å². The predicted molar refractivity (Wildman–Crippen MR) is 81.7 cm³/mol. The van der Waals surface area contributed by atoms with Crippen molar-refractivity contribution in [1.82, 2.24) is 15.0 Å². The van der Waals surface area contributed by atoms with Crippen LogP contribution in [0.3, 0.4) is 0 Å². The first-order valence-corrected chi connectivity index (χ1v) is 7.45. The zero-order valence-electron chi connectivity index (χ0n) is 11.7. The summed E-state index contributed by atoms with van der Waals surface area (Å²) in [7, 11) is 0. The molecule has 1 aliphatic rings. The summed E-state index contributed by atoms with van der Waals surface area (Å²) in [4.78, 5) is 14.8. The van der Waals surface area contributed by atoms with E-state index < -0.39 is 0 Å². The lowest BCUT2D eigenvalue weighted by atomic mass is 9.98. The van der Waals surface area contributed by atoms with Gasteiger partial charge in [-0.15, -0.1) is 0 Å². The number of hydrogen-bond acceptors (Lipinski definition) is 5. The topological polar surface area (TPSA) is 51.1 Å². The van der Waals surface area contributed by atoms with Crippen LogP contribution in [0.4, 0.5) is 5.95 Å². The summed E-state index contributed by atoms with van der Waals surface area (Å²) < 4.78 is 5.80. The van der Waals surface area contributed by atoms with Crippen LogP contribution >= 0.6 is 11.6 Å². The van der Waals surface area contributed by atoms with Gasteiger partial charge in [0.15, 0.2) is 0 Å². The van der Waals surface area contributed by atoms with Gasteiger partial charge in [0.05, 0.1) is 6.61 Å². The minimum Gasteiger partial charge on any atom is -0.492 e. The van der Waals surface area contributed by atoms with E-state index in [2.05, 4.69) is 19.9 Å². The van der Waals surface area contributed by atoms with Crippen molar-refractivity contribution in [2.45, 2.75) is 12.8 Å². The van der Waals surface area contributed by atoms with Crippen LogP contribution in [-0.2, 0) is 0 Å². The van der Waals surface area contributed by atoms with Crippen LogP contribution in [0, 0.1) is 5.92 Å². The fourth-order valence-electron chi connectivity index (χ4n) is 2.44. The standard InChI is InChI=1S/C15H17ClN4O/c16-13-10-17-7-2-14(13)21-11-12-3-8-20(9-4-12)15-18-5-1-6-19-15/h1-2,5-7,10,12H,3-4,8-9,11H2. The van der Waals surface area contributed by atoms with Crippen LogP contribution in [0.1, 0.15) is 12.8 Å². The summed E-state index contributed by atoms with van der Waals surface area (Å²) in [5.41, 5.74) is 0. The Hall–Kier alpha value is -1.88. The molecular weight excluding hydrogens is 288 g/mol. The van der Waals surface area contributed by atoms with Crippen molar-refractivity contribution in [3.63, 3.8) is 0 Å². The molecule has 1 saturated heterocycles. The lowest BCUT2D eigenvalue weighted by Gasteiger charge is -2.31. The first-order chi connectivity index (χ1) is 10.3. The molecular formula is C15H17ClN4O. The minimum absolute atomic E-state index is 0.536. The molecule has 2 aromatic rings. The average Bonchev–Trinajstić information content (AvgIpc) is 2.55. The van der Waals surface area contributed by atoms with E-state index in [0.29, 0.717) is 23.3 Å². The largest absolute Gasteiger partial charge is 0.492 e. The van der Waals surface area contributed by atoms with Gasteiger partial charge in [-0.2, -0.15) is 0 Å². The monoisotopic (exact) mass is 304 g/mol. The molecule has 5 nitrogen and oxygen atoms in total. The molecule has 0 radical (unpaired) electrons. The highest BCUT2D eigenvalue weighted by atomic mass is 35.5. The Labute approximate surface area is 129 Å². The molecule has 0 saturated carbocycles. The van der Waals surface area contributed by atoms with E-state index in [1.165, 1.54) is 0 Å². The molecule has 1 aliphatic heterocycles.